The Morgan fingerprint density at radius 3 is 0.722 bits per heavy atom. The van der Waals surface area contributed by atoms with E-state index in [1.807, 2.05) is 6.07 Å². The minimum atomic E-state index is -1.34. The van der Waals surface area contributed by atoms with E-state index in [4.69, 9.17) is 10.0 Å². The zero-order chi connectivity index (χ0) is 83.9. The lowest BCUT2D eigenvalue weighted by atomic mass is 9.81. The van der Waals surface area contributed by atoms with E-state index in [1.165, 1.54) is 242 Å². The van der Waals surface area contributed by atoms with Gasteiger partial charge >= 0.3 is 7.12 Å². The van der Waals surface area contributed by atoms with Crippen LogP contribution >= 0.6 is 15.9 Å². The third-order valence-corrected chi connectivity index (χ3v) is 26.6. The van der Waals surface area contributed by atoms with Crippen molar-refractivity contribution in [2.24, 2.45) is 0 Å². The van der Waals surface area contributed by atoms with Gasteiger partial charge in [0.05, 0.1) is 0 Å². The van der Waals surface area contributed by atoms with Crippen LogP contribution in [0.25, 0.3) is 186 Å². The van der Waals surface area contributed by atoms with Gasteiger partial charge in [-0.3, -0.25) is 0 Å². The number of fused-ring (bicyclic) bond motifs is 14. The molecule has 0 unspecified atom stereocenters. The van der Waals surface area contributed by atoms with Crippen molar-refractivity contribution < 1.29 is 10.0 Å². The quantitative estimate of drug-likeness (QED) is 0.127. The molecule has 2 N–H and O–H groups in total. The molecule has 21 aromatic rings. The van der Waals surface area contributed by atoms with Gasteiger partial charge in [-0.2, -0.15) is 0 Å². The number of halogens is 1. The Balaban J connectivity index is 0.000000132. The second-order valence-corrected chi connectivity index (χ2v) is 34.0. The van der Waals surface area contributed by atoms with E-state index in [9.17, 15) is 0 Å². The van der Waals surface area contributed by atoms with Crippen LogP contribution in [0, 0.1) is 0 Å². The third kappa shape index (κ3) is 13.6. The molecule has 2 nitrogen and oxygen atoms in total. The van der Waals surface area contributed by atoms with E-state index in [-0.39, 0.29) is 0 Å². The van der Waals surface area contributed by atoms with E-state index >= 15 is 0 Å². The Bertz CT molecular complexity index is 8290. The topological polar surface area (TPSA) is 40.5 Å². The number of hydrogen-bond acceptors (Lipinski definition) is 2. The van der Waals surface area contributed by atoms with Crippen molar-refractivity contribution in [3.05, 3.63) is 522 Å². The standard InChI is InChI=1S/C58H35Br.C58H36.C6H7BO2/c59-58-52-35-50(46-27-23-37-13-5-9-19-42(37)31-46)49(45-26-22-36-12-4-8-18-41(36)30-45)34-51(52)56-53(40-16-2-1-3-17-40)54(47-28-24-38-14-6-10-20-43(38)32-47)55(57(56)58)48-29-25-39-15-7-11-21-44(39)33-48;1-2-16-41(17-3-1)56-57(49-29-25-40-15-7-11-21-45(40)33-49)55(48-28-24-39-14-6-10-20-44(39)32-48)54-35-50-34-51(46-26-22-37-12-4-8-18-42(37)30-46)52(36-53(50)58(54)56)47-27-23-38-13-5-9-19-43(38)31-47;8-7(9)6-4-2-1-3-5-6/h1-35H;1-36H;1-5,8-9H. The molecule has 0 saturated heterocycles. The minimum Gasteiger partial charge on any atom is -0.423 e. The predicted molar refractivity (Wildman–Crippen MR) is 541 cm³/mol. The molecule has 4 aliphatic rings. The maximum absolute atomic E-state index is 8.58. The lowest BCUT2D eigenvalue weighted by Gasteiger charge is -2.18. The van der Waals surface area contributed by atoms with E-state index in [0.717, 1.165) is 4.48 Å². The van der Waals surface area contributed by atoms with Gasteiger partial charge in [0.2, 0.25) is 0 Å². The van der Waals surface area contributed by atoms with Crippen molar-refractivity contribution >= 4 is 170 Å². The highest BCUT2D eigenvalue weighted by molar-refractivity contribution is 9.15. The van der Waals surface area contributed by atoms with Gasteiger partial charge in [0.25, 0.3) is 0 Å². The molecule has 0 spiro atoms. The van der Waals surface area contributed by atoms with Gasteiger partial charge in [0, 0.05) is 10.1 Å². The first-order chi connectivity index (χ1) is 62.2. The molecular weight excluding hydrogens is 1590 g/mol. The number of rotatable bonds is 11. The Hall–Kier alpha value is -15.4. The Morgan fingerprint density at radius 2 is 0.397 bits per heavy atom. The molecule has 0 aliphatic heterocycles. The SMILES string of the molecule is BrC1=C2C(c3ccc4ccccc4c3)=C(c3ccc4ccccc4c3)C(c3ccccc3)=C2c2cc(-c3ccc4ccccc4c3)c(-c3ccc4ccccc4c3)cc21.C1=C2C(c3ccc4ccccc4c3)=C(c3ccc4ccccc4c3)C(c3ccccc3)=C2c2cc(-c3ccc4ccccc4c3)c(-c3ccc4ccccc4c3)cc21.OB(O)c1ccccc1. The van der Waals surface area contributed by atoms with Crippen LogP contribution in [0.3, 0.4) is 0 Å². The predicted octanol–water partition coefficient (Wildman–Crippen LogP) is 31.2. The van der Waals surface area contributed by atoms with Crippen molar-refractivity contribution in [3.63, 3.8) is 0 Å². The summed E-state index contributed by atoms with van der Waals surface area (Å²) in [6, 6.07) is 166. The van der Waals surface area contributed by atoms with Gasteiger partial charge in [-0.15, -0.1) is 0 Å². The molecule has 25 rings (SSSR count). The van der Waals surface area contributed by atoms with Crippen LogP contribution in [0.4, 0.5) is 0 Å². The normalized spacial score (nSPS) is 13.2. The highest BCUT2D eigenvalue weighted by atomic mass is 79.9. The van der Waals surface area contributed by atoms with Crippen LogP contribution < -0.4 is 5.46 Å². The summed E-state index contributed by atoms with van der Waals surface area (Å²) in [6.45, 7) is 0. The zero-order valence-corrected chi connectivity index (χ0v) is 70.3. The molecule has 0 aromatic heterocycles. The maximum atomic E-state index is 8.58. The van der Waals surface area contributed by atoms with Crippen LogP contribution in [-0.4, -0.2) is 17.2 Å². The summed E-state index contributed by atoms with van der Waals surface area (Å²) in [5.41, 5.74) is 35.3. The summed E-state index contributed by atoms with van der Waals surface area (Å²) in [5.74, 6) is 0. The number of allylic oxidation sites excluding steroid dienone is 10. The second-order valence-electron chi connectivity index (χ2n) is 33.2. The van der Waals surface area contributed by atoms with E-state index in [1.54, 1.807) is 24.3 Å². The zero-order valence-electron chi connectivity index (χ0n) is 68.7. The fourth-order valence-electron chi connectivity index (χ4n) is 19.8. The fourth-order valence-corrected chi connectivity index (χ4v) is 20.5. The van der Waals surface area contributed by atoms with Crippen molar-refractivity contribution in [2.45, 2.75) is 0 Å². The lowest BCUT2D eigenvalue weighted by molar-refractivity contribution is 0.426. The first-order valence-electron chi connectivity index (χ1n) is 43.1. The second kappa shape index (κ2) is 31.8. The third-order valence-electron chi connectivity index (χ3n) is 25.8. The first kappa shape index (κ1) is 75.6. The van der Waals surface area contributed by atoms with Crippen LogP contribution in [0.2, 0.25) is 0 Å². The summed E-state index contributed by atoms with van der Waals surface area (Å²) < 4.78 is 1.13. The summed E-state index contributed by atoms with van der Waals surface area (Å²) >= 11 is 4.34. The monoisotopic (exact) mass is 1660 g/mol. The molecule has 0 bridgehead atoms. The Kier molecular flexibility index (Phi) is 19.1. The van der Waals surface area contributed by atoms with Gasteiger partial charge < -0.3 is 10.0 Å². The van der Waals surface area contributed by atoms with Crippen molar-refractivity contribution in [1.29, 1.82) is 0 Å². The van der Waals surface area contributed by atoms with Crippen molar-refractivity contribution in [1.82, 2.24) is 0 Å². The molecule has 0 atom stereocenters. The van der Waals surface area contributed by atoms with E-state index in [2.05, 4.69) is 447 Å². The van der Waals surface area contributed by atoms with Gasteiger partial charge in [0.1, 0.15) is 0 Å². The van der Waals surface area contributed by atoms with Crippen LogP contribution in [0.5, 0.6) is 0 Å². The molecule has 0 saturated carbocycles. The highest BCUT2D eigenvalue weighted by Gasteiger charge is 2.41. The molecule has 21 aromatic carbocycles. The Labute approximate surface area is 740 Å². The van der Waals surface area contributed by atoms with Crippen molar-refractivity contribution in [2.75, 3.05) is 0 Å². The molecule has 126 heavy (non-hydrogen) atoms. The maximum Gasteiger partial charge on any atom is 0.488 e. The summed E-state index contributed by atoms with van der Waals surface area (Å²) in [6.07, 6.45) is 2.47. The van der Waals surface area contributed by atoms with Gasteiger partial charge in [-0.05, 0) is 337 Å². The fraction of sp³-hybridized carbons (Fsp3) is 0. The molecule has 588 valence electrons. The molecule has 0 radical (unpaired) electrons. The minimum absolute atomic E-state index is 0.525. The smallest absolute Gasteiger partial charge is 0.423 e. The average Bonchev–Trinajstić information content (AvgIpc) is 1.32. The Morgan fingerprint density at radius 1 is 0.159 bits per heavy atom. The molecular formula is C122H78BBrO2. The number of hydrogen-bond donors (Lipinski definition) is 2. The van der Waals surface area contributed by atoms with Crippen LogP contribution in [0.15, 0.2) is 466 Å². The van der Waals surface area contributed by atoms with Crippen LogP contribution in [-0.2, 0) is 0 Å². The summed E-state index contributed by atoms with van der Waals surface area (Å²) in [4.78, 5) is 0. The van der Waals surface area contributed by atoms with Crippen molar-refractivity contribution in [3.8, 4) is 44.5 Å². The molecule has 0 fully saturated rings. The molecule has 4 aliphatic carbocycles. The molecule has 0 amide bonds. The average molecular weight is 1670 g/mol. The van der Waals surface area contributed by atoms with Gasteiger partial charge in [-0.25, -0.2) is 0 Å². The first-order valence-corrected chi connectivity index (χ1v) is 43.9. The van der Waals surface area contributed by atoms with Gasteiger partial charge in [-0.1, -0.05) is 382 Å². The molecule has 4 heteroatoms. The van der Waals surface area contributed by atoms with Crippen LogP contribution in [0.1, 0.15) is 55.6 Å². The summed E-state index contributed by atoms with van der Waals surface area (Å²) in [5, 5.41) is 37.0. The summed E-state index contributed by atoms with van der Waals surface area (Å²) in [7, 11) is -1.34. The largest absolute Gasteiger partial charge is 0.488 e. The van der Waals surface area contributed by atoms with Gasteiger partial charge in [0.15, 0.2) is 0 Å². The highest BCUT2D eigenvalue weighted by Crippen LogP contribution is 2.64. The molecule has 0 heterocycles. The van der Waals surface area contributed by atoms with E-state index in [0.29, 0.717) is 5.46 Å². The van der Waals surface area contributed by atoms with E-state index < -0.39 is 7.12 Å². The number of benzene rings is 21. The lowest BCUT2D eigenvalue weighted by Crippen LogP contribution is -2.29.